The van der Waals surface area contributed by atoms with Crippen molar-refractivity contribution in [3.8, 4) is 17.2 Å². The van der Waals surface area contributed by atoms with Gasteiger partial charge < -0.3 is 14.2 Å². The van der Waals surface area contributed by atoms with Crippen LogP contribution in [0.25, 0.3) is 0 Å². The number of rotatable bonds is 5. The van der Waals surface area contributed by atoms with Gasteiger partial charge in [0.05, 0.1) is 0 Å². The van der Waals surface area contributed by atoms with Gasteiger partial charge in [0.25, 0.3) is 0 Å². The molecule has 0 fully saturated rings. The summed E-state index contributed by atoms with van der Waals surface area (Å²) in [7, 11) is 0. The normalized spacial score (nSPS) is 13.7. The topological polar surface area (TPSA) is 69.3 Å². The third-order valence-electron chi connectivity index (χ3n) is 3.78. The maximum Gasteiger partial charge on any atom is 0.231 e. The Morgan fingerprint density at radius 2 is 1.96 bits per heavy atom. The smallest absolute Gasteiger partial charge is 0.231 e. The van der Waals surface area contributed by atoms with Crippen molar-refractivity contribution in [2.75, 3.05) is 6.79 Å². The van der Waals surface area contributed by atoms with Gasteiger partial charge in [0.2, 0.25) is 6.79 Å². The lowest BCUT2D eigenvalue weighted by molar-refractivity contribution is 0.173. The van der Waals surface area contributed by atoms with Crippen molar-refractivity contribution in [2.24, 2.45) is 0 Å². The van der Waals surface area contributed by atoms with Gasteiger partial charge in [-0.1, -0.05) is 30.3 Å². The largest absolute Gasteiger partial charge is 0.483 e. The first-order valence-electron chi connectivity index (χ1n) is 7.79. The van der Waals surface area contributed by atoms with Crippen LogP contribution >= 0.6 is 0 Å². The molecule has 2 aromatic carbocycles. The van der Waals surface area contributed by atoms with E-state index in [0.29, 0.717) is 23.7 Å². The molecule has 3 aromatic rings. The molecule has 122 valence electrons. The number of hydrogen-bond donors (Lipinski definition) is 1. The van der Waals surface area contributed by atoms with Crippen molar-refractivity contribution in [1.82, 2.24) is 15.2 Å². The van der Waals surface area contributed by atoms with E-state index in [1.54, 1.807) is 0 Å². The number of aromatic amines is 1. The molecule has 6 nitrogen and oxygen atoms in total. The summed E-state index contributed by atoms with van der Waals surface area (Å²) in [6.45, 7) is 2.16. The highest BCUT2D eigenvalue weighted by atomic mass is 16.7. The maximum absolute atomic E-state index is 5.91. The van der Waals surface area contributed by atoms with E-state index in [2.05, 4.69) is 27.3 Å². The van der Waals surface area contributed by atoms with E-state index in [-0.39, 0.29) is 12.9 Å². The molecule has 1 aliphatic heterocycles. The molecule has 2 heterocycles. The van der Waals surface area contributed by atoms with Crippen molar-refractivity contribution < 1.29 is 14.2 Å². The minimum absolute atomic E-state index is 0.248. The van der Waals surface area contributed by atoms with E-state index < -0.39 is 0 Å². The molecular formula is C18H17N3O3. The Morgan fingerprint density at radius 1 is 1.12 bits per heavy atom. The van der Waals surface area contributed by atoms with Gasteiger partial charge >= 0.3 is 0 Å². The molecule has 0 saturated carbocycles. The highest BCUT2D eigenvalue weighted by Crippen LogP contribution is 2.36. The van der Waals surface area contributed by atoms with Crippen LogP contribution in [-0.2, 0) is 6.42 Å². The van der Waals surface area contributed by atoms with Gasteiger partial charge in [-0.25, -0.2) is 4.98 Å². The fourth-order valence-electron chi connectivity index (χ4n) is 2.57. The van der Waals surface area contributed by atoms with E-state index in [0.717, 1.165) is 11.6 Å². The molecule has 1 aromatic heterocycles. The van der Waals surface area contributed by atoms with Crippen molar-refractivity contribution in [3.63, 3.8) is 0 Å². The molecular weight excluding hydrogens is 306 g/mol. The Morgan fingerprint density at radius 3 is 2.83 bits per heavy atom. The summed E-state index contributed by atoms with van der Waals surface area (Å²) in [5.74, 6) is 3.56. The number of hydrogen-bond acceptors (Lipinski definition) is 5. The molecule has 0 bridgehead atoms. The van der Waals surface area contributed by atoms with Gasteiger partial charge in [0.1, 0.15) is 11.6 Å². The highest BCUT2D eigenvalue weighted by Gasteiger charge is 2.17. The summed E-state index contributed by atoms with van der Waals surface area (Å²) in [4.78, 5) is 4.53. The molecule has 6 heteroatoms. The van der Waals surface area contributed by atoms with Crippen LogP contribution in [0.3, 0.4) is 0 Å². The van der Waals surface area contributed by atoms with Crippen LogP contribution in [0, 0.1) is 0 Å². The number of fused-ring (bicyclic) bond motifs is 1. The molecule has 1 aliphatic rings. The van der Waals surface area contributed by atoms with Gasteiger partial charge in [0.15, 0.2) is 23.4 Å². The van der Waals surface area contributed by atoms with E-state index >= 15 is 0 Å². The lowest BCUT2D eigenvalue weighted by Crippen LogP contribution is -2.05. The number of aromatic nitrogens is 3. The number of ether oxygens (including phenoxy) is 3. The summed E-state index contributed by atoms with van der Waals surface area (Å²) < 4.78 is 16.6. The first-order chi connectivity index (χ1) is 11.8. The molecule has 0 spiro atoms. The highest BCUT2D eigenvalue weighted by molar-refractivity contribution is 5.46. The first kappa shape index (κ1) is 14.6. The van der Waals surface area contributed by atoms with Crippen molar-refractivity contribution in [3.05, 3.63) is 65.7 Å². The Kier molecular flexibility index (Phi) is 3.78. The molecule has 4 rings (SSSR count). The van der Waals surface area contributed by atoms with Gasteiger partial charge in [-0.3, -0.25) is 5.10 Å². The first-order valence-corrected chi connectivity index (χ1v) is 7.79. The quantitative estimate of drug-likeness (QED) is 0.780. The van der Waals surface area contributed by atoms with Crippen LogP contribution in [0.2, 0.25) is 0 Å². The van der Waals surface area contributed by atoms with Crippen molar-refractivity contribution in [1.29, 1.82) is 0 Å². The van der Waals surface area contributed by atoms with Crippen LogP contribution in [0.15, 0.2) is 48.5 Å². The SMILES string of the molecule is C[C@H](Oc1ccc2c(c1)OCO2)c1n[nH]c(Cc2ccccc2)n1. The molecule has 0 saturated heterocycles. The molecule has 1 N–H and O–H groups in total. The average Bonchev–Trinajstić information content (AvgIpc) is 3.24. The Bertz CT molecular complexity index is 833. The summed E-state index contributed by atoms with van der Waals surface area (Å²) >= 11 is 0. The predicted molar refractivity (Wildman–Crippen MR) is 87.2 cm³/mol. The standard InChI is InChI=1S/C18H17N3O3/c1-12(24-14-7-8-15-16(10-14)23-11-22-15)18-19-17(20-21-18)9-13-5-3-2-4-6-13/h2-8,10,12H,9,11H2,1H3,(H,19,20,21)/t12-/m0/s1. The van der Waals surface area contributed by atoms with Crippen molar-refractivity contribution >= 4 is 0 Å². The Hall–Kier alpha value is -3.02. The van der Waals surface area contributed by atoms with Crippen LogP contribution in [-0.4, -0.2) is 22.0 Å². The fourth-order valence-corrected chi connectivity index (χ4v) is 2.57. The van der Waals surface area contributed by atoms with Crippen LogP contribution in [0.1, 0.15) is 30.2 Å². The number of nitrogens with zero attached hydrogens (tertiary/aromatic N) is 2. The molecule has 0 amide bonds. The third-order valence-corrected chi connectivity index (χ3v) is 3.78. The second-order valence-corrected chi connectivity index (χ2v) is 5.58. The summed E-state index contributed by atoms with van der Waals surface area (Å²) in [6.07, 6.45) is 0.441. The zero-order valence-electron chi connectivity index (χ0n) is 13.2. The zero-order valence-corrected chi connectivity index (χ0v) is 13.2. The monoisotopic (exact) mass is 323 g/mol. The minimum atomic E-state index is -0.272. The lowest BCUT2D eigenvalue weighted by Gasteiger charge is -2.11. The van der Waals surface area contributed by atoms with Gasteiger partial charge in [-0.2, -0.15) is 5.10 Å². The van der Waals surface area contributed by atoms with Crippen LogP contribution < -0.4 is 14.2 Å². The van der Waals surface area contributed by atoms with Crippen LogP contribution in [0.4, 0.5) is 0 Å². The molecule has 0 aliphatic carbocycles. The summed E-state index contributed by atoms with van der Waals surface area (Å²) in [6, 6.07) is 15.6. The van der Waals surface area contributed by atoms with E-state index in [1.807, 2.05) is 43.3 Å². The minimum Gasteiger partial charge on any atom is -0.483 e. The zero-order chi connectivity index (χ0) is 16.4. The molecule has 1 atom stereocenters. The number of H-pyrrole nitrogens is 1. The fraction of sp³-hybridized carbons (Fsp3) is 0.222. The Balaban J connectivity index is 1.44. The van der Waals surface area contributed by atoms with Gasteiger partial charge in [-0.15, -0.1) is 0 Å². The third kappa shape index (κ3) is 3.03. The van der Waals surface area contributed by atoms with E-state index in [1.165, 1.54) is 5.56 Å². The average molecular weight is 323 g/mol. The summed E-state index contributed by atoms with van der Waals surface area (Å²) in [5, 5.41) is 7.24. The number of nitrogens with one attached hydrogen (secondary N) is 1. The second-order valence-electron chi connectivity index (χ2n) is 5.58. The summed E-state index contributed by atoms with van der Waals surface area (Å²) in [5.41, 5.74) is 1.18. The molecule has 24 heavy (non-hydrogen) atoms. The number of benzene rings is 2. The van der Waals surface area contributed by atoms with E-state index in [9.17, 15) is 0 Å². The van der Waals surface area contributed by atoms with Gasteiger partial charge in [-0.05, 0) is 24.6 Å². The van der Waals surface area contributed by atoms with E-state index in [4.69, 9.17) is 14.2 Å². The molecule has 0 radical (unpaired) electrons. The predicted octanol–water partition coefficient (Wildman–Crippen LogP) is 3.26. The van der Waals surface area contributed by atoms with Crippen molar-refractivity contribution in [2.45, 2.75) is 19.4 Å². The Labute approximate surface area is 139 Å². The lowest BCUT2D eigenvalue weighted by atomic mass is 10.1. The van der Waals surface area contributed by atoms with Gasteiger partial charge in [0, 0.05) is 12.5 Å². The maximum atomic E-state index is 5.91. The second kappa shape index (κ2) is 6.23. The van der Waals surface area contributed by atoms with Crippen LogP contribution in [0.5, 0.6) is 17.2 Å². The molecule has 0 unspecified atom stereocenters.